The second-order valence-corrected chi connectivity index (χ2v) is 5.27. The molecule has 2 rings (SSSR count). The third-order valence-corrected chi connectivity index (χ3v) is 4.04. The first-order chi connectivity index (χ1) is 7.65. The first-order valence-electron chi connectivity index (χ1n) is 5.11. The van der Waals surface area contributed by atoms with Crippen molar-refractivity contribution < 1.29 is 8.42 Å². The lowest BCUT2D eigenvalue weighted by Crippen LogP contribution is -2.39. The van der Waals surface area contributed by atoms with E-state index in [4.69, 9.17) is 0 Å². The van der Waals surface area contributed by atoms with Crippen LogP contribution in [0.1, 0.15) is 5.56 Å². The zero-order valence-corrected chi connectivity index (χ0v) is 9.70. The van der Waals surface area contributed by atoms with Crippen LogP contribution < -0.4 is 9.03 Å². The van der Waals surface area contributed by atoms with Gasteiger partial charge in [0, 0.05) is 13.1 Å². The number of fused-ring (bicyclic) bond motifs is 1. The molecular formula is C11H14N2O2S. The Bertz CT molecular complexity index is 496. The SMILES string of the molecule is C=CCNS(=O)(=O)N1CCc2ccccc21. The highest BCUT2D eigenvalue weighted by Crippen LogP contribution is 2.29. The molecule has 0 fully saturated rings. The number of nitrogens with zero attached hydrogens (tertiary/aromatic N) is 1. The molecule has 0 aliphatic carbocycles. The van der Waals surface area contributed by atoms with Gasteiger partial charge in [-0.05, 0) is 18.1 Å². The van der Waals surface area contributed by atoms with E-state index in [1.54, 1.807) is 0 Å². The van der Waals surface area contributed by atoms with Crippen molar-refractivity contribution in [1.82, 2.24) is 4.72 Å². The van der Waals surface area contributed by atoms with Gasteiger partial charge in [0.15, 0.2) is 0 Å². The Balaban J connectivity index is 2.28. The number of hydrogen-bond donors (Lipinski definition) is 1. The predicted octanol–water partition coefficient (Wildman–Crippen LogP) is 1.07. The quantitative estimate of drug-likeness (QED) is 0.798. The largest absolute Gasteiger partial charge is 0.301 e. The van der Waals surface area contributed by atoms with E-state index >= 15 is 0 Å². The third kappa shape index (κ3) is 1.96. The summed E-state index contributed by atoms with van der Waals surface area (Å²) >= 11 is 0. The Kier molecular flexibility index (Phi) is 2.98. The molecule has 1 aliphatic heterocycles. The Labute approximate surface area is 95.8 Å². The summed E-state index contributed by atoms with van der Waals surface area (Å²) in [6.07, 6.45) is 2.30. The van der Waals surface area contributed by atoms with Crippen LogP contribution in [0, 0.1) is 0 Å². The Morgan fingerprint density at radius 1 is 1.44 bits per heavy atom. The van der Waals surface area contributed by atoms with Gasteiger partial charge >= 0.3 is 10.2 Å². The predicted molar refractivity (Wildman–Crippen MR) is 64.6 cm³/mol. The van der Waals surface area contributed by atoms with Gasteiger partial charge < -0.3 is 0 Å². The minimum atomic E-state index is -3.42. The lowest BCUT2D eigenvalue weighted by molar-refractivity contribution is 0.581. The minimum Gasteiger partial charge on any atom is -0.257 e. The molecule has 1 aromatic rings. The van der Waals surface area contributed by atoms with Crippen molar-refractivity contribution in [3.05, 3.63) is 42.5 Å². The average Bonchev–Trinajstić information content (AvgIpc) is 2.71. The molecule has 0 saturated heterocycles. The number of hydrogen-bond acceptors (Lipinski definition) is 2. The molecule has 0 spiro atoms. The molecule has 16 heavy (non-hydrogen) atoms. The number of benzene rings is 1. The number of nitrogens with one attached hydrogen (secondary N) is 1. The first kappa shape index (κ1) is 11.2. The Morgan fingerprint density at radius 2 is 2.19 bits per heavy atom. The van der Waals surface area contributed by atoms with Crippen molar-refractivity contribution in [2.75, 3.05) is 17.4 Å². The summed E-state index contributed by atoms with van der Waals surface area (Å²) in [5, 5.41) is 0. The van der Waals surface area contributed by atoms with Gasteiger partial charge in [0.1, 0.15) is 0 Å². The van der Waals surface area contributed by atoms with Crippen LogP contribution in [-0.4, -0.2) is 21.5 Å². The smallest absolute Gasteiger partial charge is 0.257 e. The lowest BCUT2D eigenvalue weighted by Gasteiger charge is -2.19. The fourth-order valence-electron chi connectivity index (χ4n) is 1.80. The molecule has 0 amide bonds. The van der Waals surface area contributed by atoms with Crippen molar-refractivity contribution >= 4 is 15.9 Å². The van der Waals surface area contributed by atoms with Crippen LogP contribution in [0.15, 0.2) is 36.9 Å². The zero-order chi connectivity index (χ0) is 11.6. The highest BCUT2D eigenvalue weighted by Gasteiger charge is 2.28. The van der Waals surface area contributed by atoms with Crippen molar-refractivity contribution in [1.29, 1.82) is 0 Å². The molecule has 0 radical (unpaired) electrons. The van der Waals surface area contributed by atoms with E-state index in [2.05, 4.69) is 11.3 Å². The van der Waals surface area contributed by atoms with Crippen molar-refractivity contribution in [2.45, 2.75) is 6.42 Å². The maximum absolute atomic E-state index is 11.9. The maximum atomic E-state index is 11.9. The van der Waals surface area contributed by atoms with E-state index in [9.17, 15) is 8.42 Å². The molecule has 1 aliphatic rings. The summed E-state index contributed by atoms with van der Waals surface area (Å²) < 4.78 is 27.7. The van der Waals surface area contributed by atoms with E-state index < -0.39 is 10.2 Å². The topological polar surface area (TPSA) is 49.4 Å². The number of rotatable bonds is 4. The molecule has 0 unspecified atom stereocenters. The van der Waals surface area contributed by atoms with Gasteiger partial charge in [0.05, 0.1) is 5.69 Å². The second-order valence-electron chi connectivity index (χ2n) is 3.59. The van der Waals surface area contributed by atoms with Crippen LogP contribution in [0.2, 0.25) is 0 Å². The summed E-state index contributed by atoms with van der Waals surface area (Å²) in [7, 11) is -3.42. The standard InChI is InChI=1S/C11H14N2O2S/c1-2-8-12-16(14,15)13-9-7-10-5-3-4-6-11(10)13/h2-6,12H,1,7-9H2. The van der Waals surface area contributed by atoms with E-state index in [0.29, 0.717) is 6.54 Å². The molecule has 4 nitrogen and oxygen atoms in total. The fraction of sp³-hybridized carbons (Fsp3) is 0.273. The van der Waals surface area contributed by atoms with Crippen LogP contribution in [0.4, 0.5) is 5.69 Å². The molecule has 0 aromatic heterocycles. The third-order valence-electron chi connectivity index (χ3n) is 2.54. The number of anilines is 1. The summed E-state index contributed by atoms with van der Waals surface area (Å²) in [6, 6.07) is 7.56. The van der Waals surface area contributed by atoms with Gasteiger partial charge in [0.2, 0.25) is 0 Å². The Hall–Kier alpha value is -1.33. The van der Waals surface area contributed by atoms with Gasteiger partial charge in [-0.1, -0.05) is 24.3 Å². The van der Waals surface area contributed by atoms with Gasteiger partial charge in [-0.25, -0.2) is 0 Å². The number of para-hydroxylation sites is 1. The maximum Gasteiger partial charge on any atom is 0.301 e. The van der Waals surface area contributed by atoms with Crippen LogP contribution in [-0.2, 0) is 16.6 Å². The van der Waals surface area contributed by atoms with Crippen LogP contribution in [0.5, 0.6) is 0 Å². The van der Waals surface area contributed by atoms with Gasteiger partial charge in [-0.2, -0.15) is 13.1 Å². The van der Waals surface area contributed by atoms with Gasteiger partial charge in [0.25, 0.3) is 0 Å². The van der Waals surface area contributed by atoms with E-state index in [1.807, 2.05) is 24.3 Å². The lowest BCUT2D eigenvalue weighted by atomic mass is 10.2. The fourth-order valence-corrected chi connectivity index (χ4v) is 3.05. The zero-order valence-electron chi connectivity index (χ0n) is 8.89. The van der Waals surface area contributed by atoms with E-state index in [1.165, 1.54) is 10.4 Å². The molecule has 5 heteroatoms. The van der Waals surface area contributed by atoms with Crippen molar-refractivity contribution in [3.8, 4) is 0 Å². The molecule has 1 aromatic carbocycles. The van der Waals surface area contributed by atoms with Crippen molar-refractivity contribution in [2.24, 2.45) is 0 Å². The molecular weight excluding hydrogens is 224 g/mol. The summed E-state index contributed by atoms with van der Waals surface area (Å²) in [5.74, 6) is 0. The minimum absolute atomic E-state index is 0.251. The van der Waals surface area contributed by atoms with Crippen LogP contribution in [0.3, 0.4) is 0 Å². The molecule has 0 saturated carbocycles. The summed E-state index contributed by atoms with van der Waals surface area (Å²) in [5.41, 5.74) is 1.85. The second kappa shape index (κ2) is 4.27. The van der Waals surface area contributed by atoms with Crippen molar-refractivity contribution in [3.63, 3.8) is 0 Å². The molecule has 0 atom stereocenters. The molecule has 0 bridgehead atoms. The molecule has 1 N–H and O–H groups in total. The van der Waals surface area contributed by atoms with Crippen LogP contribution >= 0.6 is 0 Å². The summed E-state index contributed by atoms with van der Waals surface area (Å²) in [4.78, 5) is 0. The van der Waals surface area contributed by atoms with E-state index in [-0.39, 0.29) is 6.54 Å². The Morgan fingerprint density at radius 3 is 2.94 bits per heavy atom. The molecule has 86 valence electrons. The summed E-state index contributed by atoms with van der Waals surface area (Å²) in [6.45, 7) is 4.25. The monoisotopic (exact) mass is 238 g/mol. The van der Waals surface area contributed by atoms with Gasteiger partial charge in [-0.15, -0.1) is 6.58 Å². The van der Waals surface area contributed by atoms with Crippen LogP contribution in [0.25, 0.3) is 0 Å². The first-order valence-corrected chi connectivity index (χ1v) is 6.55. The normalized spacial score (nSPS) is 14.9. The highest BCUT2D eigenvalue weighted by molar-refractivity contribution is 7.90. The van der Waals surface area contributed by atoms with Gasteiger partial charge in [-0.3, -0.25) is 4.31 Å². The average molecular weight is 238 g/mol. The highest BCUT2D eigenvalue weighted by atomic mass is 32.2. The molecule has 1 heterocycles. The van der Waals surface area contributed by atoms with E-state index in [0.717, 1.165) is 17.7 Å².